The van der Waals surface area contributed by atoms with Crippen LogP contribution in [0.5, 0.6) is 11.5 Å². The van der Waals surface area contributed by atoms with Crippen molar-refractivity contribution >= 4 is 43.5 Å². The van der Waals surface area contributed by atoms with Gasteiger partial charge in [0.1, 0.15) is 24.7 Å². The lowest BCUT2D eigenvalue weighted by molar-refractivity contribution is 0.217. The first-order chi connectivity index (χ1) is 26.5. The van der Waals surface area contributed by atoms with Gasteiger partial charge < -0.3 is 9.47 Å². The first-order valence-corrected chi connectivity index (χ1v) is 20.0. The van der Waals surface area contributed by atoms with Gasteiger partial charge in [-0.2, -0.15) is 16.8 Å². The van der Waals surface area contributed by atoms with E-state index in [1.807, 2.05) is 52.0 Å². The summed E-state index contributed by atoms with van der Waals surface area (Å²) in [5, 5.41) is 8.25. The Morgan fingerprint density at radius 1 is 0.554 bits per heavy atom. The maximum atomic E-state index is 13.4. The summed E-state index contributed by atoms with van der Waals surface area (Å²) in [5.74, 6) is 1.20. The average molecular weight is 799 g/mol. The van der Waals surface area contributed by atoms with Crippen LogP contribution in [0.4, 0.5) is 0 Å². The van der Waals surface area contributed by atoms with Crippen molar-refractivity contribution in [2.75, 3.05) is 13.2 Å². The third kappa shape index (κ3) is 8.84. The number of aromatic nitrogens is 4. The van der Waals surface area contributed by atoms with E-state index < -0.39 is 20.2 Å². The summed E-state index contributed by atoms with van der Waals surface area (Å²) in [6.07, 6.45) is 3.50. The molecule has 0 spiro atoms. The number of aromatic amines is 2. The Hall–Kier alpha value is -6.20. The lowest BCUT2D eigenvalue weighted by atomic mass is 10.1. The van der Waals surface area contributed by atoms with E-state index in [1.54, 1.807) is 36.4 Å². The van der Waals surface area contributed by atoms with Gasteiger partial charge in [-0.05, 0) is 124 Å². The molecule has 0 saturated carbocycles. The molecule has 0 atom stereocenters. The molecule has 0 aliphatic heterocycles. The molecule has 0 saturated heterocycles. The van der Waals surface area contributed by atoms with Crippen molar-refractivity contribution in [3.63, 3.8) is 0 Å². The molecule has 6 aromatic rings. The van der Waals surface area contributed by atoms with Crippen molar-refractivity contribution in [3.05, 3.63) is 150 Å². The second-order valence-corrected chi connectivity index (χ2v) is 16.0. The third-order valence-corrected chi connectivity index (χ3v) is 10.4. The number of nitrogens with zero attached hydrogens (tertiary/aromatic N) is 2. The molecule has 0 fully saturated rings. The largest absolute Gasteiger partial charge is 0.490 e. The second kappa shape index (κ2) is 15.9. The van der Waals surface area contributed by atoms with Gasteiger partial charge >= 0.3 is 0 Å². The van der Waals surface area contributed by atoms with Gasteiger partial charge in [0, 0.05) is 0 Å². The van der Waals surface area contributed by atoms with Crippen molar-refractivity contribution in [1.82, 2.24) is 19.6 Å². The van der Waals surface area contributed by atoms with E-state index in [9.17, 15) is 35.5 Å². The number of hydrogen-bond donors (Lipinski definition) is 4. The molecule has 16 heteroatoms. The molecule has 0 aliphatic rings. The minimum atomic E-state index is -4.37. The second-order valence-electron chi connectivity index (χ2n) is 13.1. The number of nitrogens with one attached hydrogen (secondary N) is 2. The first-order valence-electron chi connectivity index (χ1n) is 17.1. The molecule has 4 aromatic carbocycles. The van der Waals surface area contributed by atoms with E-state index in [1.165, 1.54) is 57.9 Å². The lowest BCUT2D eigenvalue weighted by Gasteiger charge is -2.09. The topological polar surface area (TPSA) is 203 Å². The summed E-state index contributed by atoms with van der Waals surface area (Å²) in [6, 6.07) is 25.0. The molecule has 2 heterocycles. The zero-order valence-corrected chi connectivity index (χ0v) is 32.3. The third-order valence-electron chi connectivity index (χ3n) is 8.64. The molecule has 0 radical (unpaired) electrons. The van der Waals surface area contributed by atoms with Crippen LogP contribution < -0.4 is 41.7 Å². The minimum Gasteiger partial charge on any atom is -0.490 e. The van der Waals surface area contributed by atoms with Crippen LogP contribution in [-0.4, -0.2) is 58.7 Å². The van der Waals surface area contributed by atoms with E-state index in [4.69, 9.17) is 9.47 Å². The summed E-state index contributed by atoms with van der Waals surface area (Å²) in [5.41, 5.74) is 3.38. The van der Waals surface area contributed by atoms with Crippen LogP contribution in [0, 0.1) is 0 Å². The minimum absolute atomic E-state index is 0.257. The molecule has 14 nitrogen and oxygen atoms in total. The first kappa shape index (κ1) is 39.5. The van der Waals surface area contributed by atoms with Crippen LogP contribution in [0.15, 0.2) is 116 Å². The monoisotopic (exact) mass is 798 g/mol. The molecule has 56 heavy (non-hydrogen) atoms. The predicted octanol–water partition coefficient (Wildman–Crippen LogP) is 2.63. The van der Waals surface area contributed by atoms with E-state index in [2.05, 4.69) is 10.2 Å². The van der Waals surface area contributed by atoms with Gasteiger partial charge in [-0.15, -0.1) is 0 Å². The highest BCUT2D eigenvalue weighted by Gasteiger charge is 2.13. The zero-order chi connectivity index (χ0) is 40.4. The van der Waals surface area contributed by atoms with Crippen LogP contribution in [0.2, 0.25) is 0 Å². The van der Waals surface area contributed by atoms with Crippen LogP contribution in [0.25, 0.3) is 34.7 Å². The fourth-order valence-electron chi connectivity index (χ4n) is 5.80. The van der Waals surface area contributed by atoms with Crippen LogP contribution >= 0.6 is 0 Å². The Kier molecular flexibility index (Phi) is 11.2. The molecule has 6 rings (SSSR count). The van der Waals surface area contributed by atoms with Gasteiger partial charge in [-0.1, -0.05) is 35.4 Å². The summed E-state index contributed by atoms with van der Waals surface area (Å²) in [7, 11) is -8.74. The SMILES string of the molecule is CC(C)=c1[nH]n(-c2ccc(S(=O)(=O)O)cc2)c(=O)c1=Cc1ccc(OCCOc2ccc(C=c3c(=C(C)C)[nH]n(-c4ccc(S(=O)(=O)O)cc4)c3=O)cc2)cc1. The normalized spacial score (nSPS) is 12.5. The summed E-state index contributed by atoms with van der Waals surface area (Å²) in [6.45, 7) is 7.98. The van der Waals surface area contributed by atoms with E-state index >= 15 is 0 Å². The number of rotatable bonds is 11. The summed E-state index contributed by atoms with van der Waals surface area (Å²) in [4.78, 5) is 26.3. The van der Waals surface area contributed by atoms with E-state index in [-0.39, 0.29) is 34.1 Å². The number of H-pyrrole nitrogens is 2. The van der Waals surface area contributed by atoms with Gasteiger partial charge in [0.2, 0.25) is 0 Å². The number of benzene rings is 4. The molecule has 0 bridgehead atoms. The van der Waals surface area contributed by atoms with Crippen molar-refractivity contribution in [2.45, 2.75) is 37.5 Å². The summed E-state index contributed by atoms with van der Waals surface area (Å²) < 4.78 is 78.6. The molecule has 290 valence electrons. The lowest BCUT2D eigenvalue weighted by Crippen LogP contribution is -2.35. The highest BCUT2D eigenvalue weighted by Crippen LogP contribution is 2.16. The Bertz CT molecular complexity index is 2800. The number of ether oxygens (including phenoxy) is 2. The van der Waals surface area contributed by atoms with Crippen LogP contribution in [0.3, 0.4) is 0 Å². The van der Waals surface area contributed by atoms with Crippen LogP contribution in [-0.2, 0) is 20.2 Å². The molecule has 0 aliphatic carbocycles. The van der Waals surface area contributed by atoms with Gasteiger partial charge in [-0.25, -0.2) is 9.36 Å². The zero-order valence-electron chi connectivity index (χ0n) is 30.7. The molecule has 4 N–H and O–H groups in total. The van der Waals surface area contributed by atoms with Crippen molar-refractivity contribution in [3.8, 4) is 22.9 Å². The fourth-order valence-corrected chi connectivity index (χ4v) is 6.76. The maximum absolute atomic E-state index is 13.4. The standard InChI is InChI=1S/C40H38N4O10S2/c1-25(2)37-35(39(45)43(41-37)29-9-17-33(18-10-29)55(47,48)49)23-27-5-13-31(14-6-27)53-21-22-54-32-15-7-28(8-16-32)24-36-38(26(3)4)42-44(40(36)46)30-11-19-34(20-12-30)56(50,51)52/h5-20,23-24,41-42H,21-22H2,1-4H3,(H,47,48,49)(H,50,51,52). The van der Waals surface area contributed by atoms with Crippen molar-refractivity contribution in [2.24, 2.45) is 0 Å². The molecule has 2 aromatic heterocycles. The smallest absolute Gasteiger partial charge is 0.294 e. The Labute approximate surface area is 321 Å². The Morgan fingerprint density at radius 3 is 1.16 bits per heavy atom. The quantitative estimate of drug-likeness (QED) is 0.112. The highest BCUT2D eigenvalue weighted by atomic mass is 32.2. The fraction of sp³-hybridized carbons (Fsp3) is 0.150. The molecule has 0 amide bonds. The molecular weight excluding hydrogens is 761 g/mol. The van der Waals surface area contributed by atoms with Gasteiger partial charge in [-0.3, -0.25) is 28.9 Å². The number of hydrogen-bond acceptors (Lipinski definition) is 8. The maximum Gasteiger partial charge on any atom is 0.294 e. The molecular formula is C40H38N4O10S2. The van der Waals surface area contributed by atoms with Gasteiger partial charge in [0.05, 0.1) is 42.3 Å². The summed E-state index contributed by atoms with van der Waals surface area (Å²) >= 11 is 0. The average Bonchev–Trinajstić information content (AvgIpc) is 3.66. The highest BCUT2D eigenvalue weighted by molar-refractivity contribution is 7.86. The van der Waals surface area contributed by atoms with Crippen LogP contribution in [0.1, 0.15) is 38.8 Å². The van der Waals surface area contributed by atoms with Gasteiger partial charge in [0.25, 0.3) is 31.4 Å². The van der Waals surface area contributed by atoms with Crippen molar-refractivity contribution < 1.29 is 35.4 Å². The Morgan fingerprint density at radius 2 is 0.875 bits per heavy atom. The van der Waals surface area contributed by atoms with E-state index in [0.717, 1.165) is 22.3 Å². The van der Waals surface area contributed by atoms with Crippen molar-refractivity contribution in [1.29, 1.82) is 0 Å². The van der Waals surface area contributed by atoms with Gasteiger partial charge in [0.15, 0.2) is 0 Å². The van der Waals surface area contributed by atoms with E-state index in [0.29, 0.717) is 44.0 Å². The molecule has 0 unspecified atom stereocenters. The Balaban J connectivity index is 1.10. The predicted molar refractivity (Wildman–Crippen MR) is 211 cm³/mol.